The number of benzene rings is 2. The van der Waals surface area contributed by atoms with Gasteiger partial charge in [0.15, 0.2) is 0 Å². The zero-order chi connectivity index (χ0) is 19.2. The fourth-order valence-corrected chi connectivity index (χ4v) is 3.93. The van der Waals surface area contributed by atoms with Gasteiger partial charge in [-0.2, -0.15) is 0 Å². The standard InChI is InChI=1S/C15H15N2O7PS/c1-2-11-22-25(26,23-14-9-5-3-7-12(14)16(18)19)24-15-10-6-4-8-13(15)17(20)21/h3-10H,2,11H2,1H3. The van der Waals surface area contributed by atoms with Crippen LogP contribution in [0.25, 0.3) is 0 Å². The van der Waals surface area contributed by atoms with Gasteiger partial charge in [-0.15, -0.1) is 0 Å². The summed E-state index contributed by atoms with van der Waals surface area (Å²) in [6.07, 6.45) is 0.582. The van der Waals surface area contributed by atoms with Gasteiger partial charge in [0.2, 0.25) is 11.5 Å². The highest BCUT2D eigenvalue weighted by molar-refractivity contribution is 8.07. The first-order valence-electron chi connectivity index (χ1n) is 7.47. The van der Waals surface area contributed by atoms with E-state index >= 15 is 0 Å². The molecule has 9 nitrogen and oxygen atoms in total. The van der Waals surface area contributed by atoms with Gasteiger partial charge < -0.3 is 9.05 Å². The van der Waals surface area contributed by atoms with E-state index < -0.39 is 16.6 Å². The first kappa shape index (κ1) is 19.8. The maximum atomic E-state index is 11.2. The Morgan fingerprint density at radius 2 is 1.35 bits per heavy atom. The number of nitro groups is 2. The number of hydrogen-bond acceptors (Lipinski definition) is 8. The molecule has 11 heteroatoms. The Kier molecular flexibility index (Phi) is 6.62. The van der Waals surface area contributed by atoms with E-state index in [1.165, 1.54) is 48.5 Å². The van der Waals surface area contributed by atoms with Crippen LogP contribution in [-0.2, 0) is 16.3 Å². The highest BCUT2D eigenvalue weighted by Crippen LogP contribution is 2.53. The van der Waals surface area contributed by atoms with Crippen LogP contribution < -0.4 is 9.05 Å². The average molecular weight is 398 g/mol. The summed E-state index contributed by atoms with van der Waals surface area (Å²) < 4.78 is 16.6. The lowest BCUT2D eigenvalue weighted by Gasteiger charge is -2.22. The van der Waals surface area contributed by atoms with Crippen molar-refractivity contribution in [2.75, 3.05) is 6.61 Å². The van der Waals surface area contributed by atoms with Crippen LogP contribution >= 0.6 is 6.72 Å². The highest BCUT2D eigenvalue weighted by Gasteiger charge is 2.30. The fourth-order valence-electron chi connectivity index (χ4n) is 1.89. The van der Waals surface area contributed by atoms with E-state index in [1.54, 1.807) is 0 Å². The predicted octanol–water partition coefficient (Wildman–Crippen LogP) is 4.61. The van der Waals surface area contributed by atoms with E-state index in [4.69, 9.17) is 25.4 Å². The third kappa shape index (κ3) is 4.98. The molecule has 0 aliphatic carbocycles. The van der Waals surface area contributed by atoms with E-state index in [9.17, 15) is 20.2 Å². The molecule has 0 heterocycles. The Morgan fingerprint density at radius 1 is 0.923 bits per heavy atom. The van der Waals surface area contributed by atoms with Gasteiger partial charge in [0.05, 0.1) is 16.5 Å². The molecule has 0 bridgehead atoms. The summed E-state index contributed by atoms with van der Waals surface area (Å²) in [7, 11) is 0. The SMILES string of the molecule is CCCOP(=S)(Oc1ccccc1[N+](=O)[O-])Oc1ccccc1[N+](=O)[O-]. The minimum atomic E-state index is -3.59. The molecule has 0 spiro atoms. The van der Waals surface area contributed by atoms with Gasteiger partial charge in [-0.25, -0.2) is 0 Å². The van der Waals surface area contributed by atoms with Gasteiger partial charge in [-0.1, -0.05) is 31.2 Å². The third-order valence-electron chi connectivity index (χ3n) is 3.00. The molecule has 0 unspecified atom stereocenters. The van der Waals surface area contributed by atoms with Crippen LogP contribution in [0.15, 0.2) is 48.5 Å². The molecule has 26 heavy (non-hydrogen) atoms. The van der Waals surface area contributed by atoms with Crippen LogP contribution in [0, 0.1) is 20.2 Å². The summed E-state index contributed by atoms with van der Waals surface area (Å²) in [5, 5.41) is 22.3. The predicted molar refractivity (Wildman–Crippen MR) is 98.0 cm³/mol. The number of nitrogens with zero attached hydrogens (tertiary/aromatic N) is 2. The largest absolute Gasteiger partial charge is 0.435 e. The number of nitro benzene ring substituents is 2. The maximum Gasteiger partial charge on any atom is 0.435 e. The zero-order valence-corrected chi connectivity index (χ0v) is 15.4. The smallest absolute Gasteiger partial charge is 0.408 e. The lowest BCUT2D eigenvalue weighted by Crippen LogP contribution is -2.07. The Balaban J connectivity index is 2.39. The first-order chi connectivity index (χ1) is 12.4. The van der Waals surface area contributed by atoms with Crippen LogP contribution in [0.4, 0.5) is 11.4 Å². The van der Waals surface area contributed by atoms with Crippen LogP contribution in [0.3, 0.4) is 0 Å². The Morgan fingerprint density at radius 3 is 1.73 bits per heavy atom. The molecule has 0 amide bonds. The summed E-state index contributed by atoms with van der Waals surface area (Å²) in [4.78, 5) is 21.1. The lowest BCUT2D eigenvalue weighted by atomic mass is 10.3. The van der Waals surface area contributed by atoms with Crippen molar-refractivity contribution < 1.29 is 23.4 Å². The van der Waals surface area contributed by atoms with Gasteiger partial charge in [0, 0.05) is 23.9 Å². The van der Waals surface area contributed by atoms with E-state index in [0.29, 0.717) is 6.42 Å². The van der Waals surface area contributed by atoms with E-state index in [0.717, 1.165) is 0 Å². The van der Waals surface area contributed by atoms with Crippen molar-refractivity contribution in [1.82, 2.24) is 0 Å². The molecule has 0 atom stereocenters. The van der Waals surface area contributed by atoms with Crippen LogP contribution in [0.5, 0.6) is 11.5 Å². The second-order valence-electron chi connectivity index (χ2n) is 4.91. The highest BCUT2D eigenvalue weighted by atomic mass is 32.5. The van der Waals surface area contributed by atoms with E-state index in [2.05, 4.69) is 0 Å². The molecular formula is C15H15N2O7PS. The van der Waals surface area contributed by atoms with Gasteiger partial charge in [-0.3, -0.25) is 24.8 Å². The van der Waals surface area contributed by atoms with Crippen LogP contribution in [0.1, 0.15) is 13.3 Å². The second-order valence-corrected chi connectivity index (χ2v) is 7.77. The van der Waals surface area contributed by atoms with Crippen LogP contribution in [-0.4, -0.2) is 16.5 Å². The normalized spacial score (nSPS) is 11.0. The molecule has 138 valence electrons. The van der Waals surface area contributed by atoms with Crippen molar-refractivity contribution in [2.24, 2.45) is 0 Å². The number of rotatable bonds is 9. The minimum absolute atomic E-state index is 0.129. The molecule has 0 saturated carbocycles. The molecule has 2 aromatic carbocycles. The van der Waals surface area contributed by atoms with Crippen LogP contribution in [0.2, 0.25) is 0 Å². The Labute approximate surface area is 154 Å². The van der Waals surface area contributed by atoms with E-state index in [-0.39, 0.29) is 29.5 Å². The van der Waals surface area contributed by atoms with Crippen molar-refractivity contribution in [3.05, 3.63) is 68.8 Å². The molecule has 2 rings (SSSR count). The topological polar surface area (TPSA) is 114 Å². The first-order valence-corrected chi connectivity index (χ1v) is 10.0. The van der Waals surface area contributed by atoms with Crippen molar-refractivity contribution in [3.8, 4) is 11.5 Å². The van der Waals surface area contributed by atoms with Gasteiger partial charge in [0.25, 0.3) is 0 Å². The molecule has 0 saturated heterocycles. The maximum absolute atomic E-state index is 11.2. The summed E-state index contributed by atoms with van der Waals surface area (Å²) in [6, 6.07) is 11.2. The summed E-state index contributed by atoms with van der Waals surface area (Å²) in [6.45, 7) is -1.59. The monoisotopic (exact) mass is 398 g/mol. The molecule has 0 aliphatic heterocycles. The number of hydrogen-bond donors (Lipinski definition) is 0. The molecular weight excluding hydrogens is 383 g/mol. The van der Waals surface area contributed by atoms with Gasteiger partial charge >= 0.3 is 18.1 Å². The zero-order valence-electron chi connectivity index (χ0n) is 13.6. The Bertz CT molecular complexity index is 798. The summed E-state index contributed by atoms with van der Waals surface area (Å²) in [5.74, 6) is -0.258. The molecule has 0 aromatic heterocycles. The van der Waals surface area contributed by atoms with E-state index in [1.807, 2.05) is 6.92 Å². The van der Waals surface area contributed by atoms with Crippen molar-refractivity contribution in [1.29, 1.82) is 0 Å². The fraction of sp³-hybridized carbons (Fsp3) is 0.200. The average Bonchev–Trinajstić information content (AvgIpc) is 2.60. The molecule has 2 aromatic rings. The Hall–Kier alpha value is -2.55. The minimum Gasteiger partial charge on any atom is -0.408 e. The molecule has 0 fully saturated rings. The third-order valence-corrected chi connectivity index (χ3v) is 5.10. The molecule has 0 radical (unpaired) electrons. The van der Waals surface area contributed by atoms with Gasteiger partial charge in [-0.05, 0) is 18.6 Å². The summed E-state index contributed by atoms with van der Waals surface area (Å²) >= 11 is 5.32. The van der Waals surface area contributed by atoms with Gasteiger partial charge in [0.1, 0.15) is 0 Å². The second kappa shape index (κ2) is 8.70. The lowest BCUT2D eigenvalue weighted by molar-refractivity contribution is -0.385. The summed E-state index contributed by atoms with van der Waals surface area (Å²) in [5.41, 5.74) is -0.624. The number of para-hydroxylation sites is 4. The quantitative estimate of drug-likeness (QED) is 0.342. The van der Waals surface area contributed by atoms with Crippen molar-refractivity contribution >= 4 is 29.9 Å². The van der Waals surface area contributed by atoms with Crippen molar-refractivity contribution in [2.45, 2.75) is 13.3 Å². The van der Waals surface area contributed by atoms with Crippen molar-refractivity contribution in [3.63, 3.8) is 0 Å². The molecule has 0 aliphatic rings. The molecule has 0 N–H and O–H groups in total.